The number of hydrogen-bond acceptors (Lipinski definition) is 4. The fourth-order valence-corrected chi connectivity index (χ4v) is 1.26. The molecule has 4 nitrogen and oxygen atoms in total. The van der Waals surface area contributed by atoms with E-state index in [4.69, 9.17) is 14.9 Å². The number of nitrogens with zero attached hydrogens (tertiary/aromatic N) is 1. The molecule has 0 unspecified atom stereocenters. The number of ether oxygens (including phenoxy) is 1. The van der Waals surface area contributed by atoms with Crippen LogP contribution < -0.4 is 10.5 Å². The van der Waals surface area contributed by atoms with E-state index in [9.17, 15) is 0 Å². The molecule has 1 aromatic heterocycles. The van der Waals surface area contributed by atoms with Crippen LogP contribution in [0, 0.1) is 0 Å². The van der Waals surface area contributed by atoms with Crippen LogP contribution >= 0.6 is 0 Å². The highest BCUT2D eigenvalue weighted by molar-refractivity contribution is 5.55. The lowest BCUT2D eigenvalue weighted by Crippen LogP contribution is -2.10. The van der Waals surface area contributed by atoms with Gasteiger partial charge < -0.3 is 14.9 Å². The number of aromatic nitrogens is 1. The molecule has 2 N–H and O–H groups in total. The van der Waals surface area contributed by atoms with Gasteiger partial charge >= 0.3 is 0 Å². The molecule has 0 aliphatic rings. The van der Waals surface area contributed by atoms with Gasteiger partial charge in [0, 0.05) is 12.1 Å². The van der Waals surface area contributed by atoms with Gasteiger partial charge in [0.2, 0.25) is 5.89 Å². The molecule has 1 heterocycles. The summed E-state index contributed by atoms with van der Waals surface area (Å²) in [6, 6.07) is 7.57. The standard InChI is InChI=1S/C11H12N2O2/c12-4-6-14-10-3-1-2-9(8-10)11-13-5-7-15-11/h1-3,5,7-8H,4,6,12H2. The molecule has 0 spiro atoms. The van der Waals surface area contributed by atoms with Crippen LogP contribution in [0.25, 0.3) is 11.5 Å². The molecule has 0 saturated carbocycles. The van der Waals surface area contributed by atoms with Crippen molar-refractivity contribution in [1.29, 1.82) is 0 Å². The van der Waals surface area contributed by atoms with Crippen molar-refractivity contribution in [2.24, 2.45) is 5.73 Å². The van der Waals surface area contributed by atoms with E-state index in [1.165, 1.54) is 0 Å². The molecule has 0 aliphatic carbocycles. The monoisotopic (exact) mass is 204 g/mol. The Kier molecular flexibility index (Phi) is 2.99. The van der Waals surface area contributed by atoms with Crippen LogP contribution in [-0.2, 0) is 0 Å². The largest absolute Gasteiger partial charge is 0.492 e. The first-order valence-electron chi connectivity index (χ1n) is 4.73. The summed E-state index contributed by atoms with van der Waals surface area (Å²) in [5, 5.41) is 0. The molecule has 0 fully saturated rings. The van der Waals surface area contributed by atoms with Crippen LogP contribution in [0.3, 0.4) is 0 Å². The lowest BCUT2D eigenvalue weighted by Gasteiger charge is -2.04. The van der Waals surface area contributed by atoms with E-state index in [0.29, 0.717) is 19.0 Å². The summed E-state index contributed by atoms with van der Waals surface area (Å²) < 4.78 is 10.6. The number of oxazole rings is 1. The van der Waals surface area contributed by atoms with Crippen molar-refractivity contribution in [3.05, 3.63) is 36.7 Å². The van der Waals surface area contributed by atoms with Gasteiger partial charge in [0.05, 0.1) is 6.20 Å². The smallest absolute Gasteiger partial charge is 0.225 e. The van der Waals surface area contributed by atoms with E-state index in [2.05, 4.69) is 4.98 Å². The summed E-state index contributed by atoms with van der Waals surface area (Å²) >= 11 is 0. The van der Waals surface area contributed by atoms with Crippen molar-refractivity contribution >= 4 is 0 Å². The summed E-state index contributed by atoms with van der Waals surface area (Å²) in [6.45, 7) is 1.01. The average Bonchev–Trinajstić information content (AvgIpc) is 2.80. The van der Waals surface area contributed by atoms with Gasteiger partial charge in [-0.15, -0.1) is 0 Å². The zero-order valence-electron chi connectivity index (χ0n) is 8.22. The second-order valence-electron chi connectivity index (χ2n) is 3.00. The van der Waals surface area contributed by atoms with Crippen molar-refractivity contribution in [2.75, 3.05) is 13.2 Å². The average molecular weight is 204 g/mol. The van der Waals surface area contributed by atoms with E-state index in [-0.39, 0.29) is 0 Å². The normalized spacial score (nSPS) is 10.2. The molecular weight excluding hydrogens is 192 g/mol. The predicted molar refractivity (Wildman–Crippen MR) is 56.5 cm³/mol. The van der Waals surface area contributed by atoms with E-state index < -0.39 is 0 Å². The van der Waals surface area contributed by atoms with Gasteiger partial charge in [-0.1, -0.05) is 6.07 Å². The zero-order chi connectivity index (χ0) is 10.5. The minimum absolute atomic E-state index is 0.503. The molecule has 78 valence electrons. The fourth-order valence-electron chi connectivity index (χ4n) is 1.26. The van der Waals surface area contributed by atoms with Crippen LogP contribution in [0.4, 0.5) is 0 Å². The third kappa shape index (κ3) is 2.35. The molecule has 2 rings (SSSR count). The second kappa shape index (κ2) is 4.61. The quantitative estimate of drug-likeness (QED) is 0.823. The molecule has 0 amide bonds. The first-order valence-corrected chi connectivity index (χ1v) is 4.73. The number of rotatable bonds is 4. The van der Waals surface area contributed by atoms with Crippen molar-refractivity contribution < 1.29 is 9.15 Å². The van der Waals surface area contributed by atoms with E-state index >= 15 is 0 Å². The van der Waals surface area contributed by atoms with Crippen LogP contribution in [0.2, 0.25) is 0 Å². The molecule has 1 aromatic carbocycles. The minimum Gasteiger partial charge on any atom is -0.492 e. The van der Waals surface area contributed by atoms with Crippen molar-refractivity contribution in [3.63, 3.8) is 0 Å². The Morgan fingerprint density at radius 3 is 3.07 bits per heavy atom. The van der Waals surface area contributed by atoms with Crippen LogP contribution in [0.1, 0.15) is 0 Å². The van der Waals surface area contributed by atoms with Crippen LogP contribution in [0.15, 0.2) is 41.1 Å². The summed E-state index contributed by atoms with van der Waals surface area (Å²) in [5.74, 6) is 1.37. The molecule has 0 bridgehead atoms. The number of hydrogen-bond donors (Lipinski definition) is 1. The fraction of sp³-hybridized carbons (Fsp3) is 0.182. The maximum atomic E-state index is 5.40. The predicted octanol–water partition coefficient (Wildman–Crippen LogP) is 1.68. The van der Waals surface area contributed by atoms with E-state index in [0.717, 1.165) is 11.3 Å². The Labute approximate surface area is 87.7 Å². The van der Waals surface area contributed by atoms with Crippen LogP contribution in [-0.4, -0.2) is 18.1 Å². The summed E-state index contributed by atoms with van der Waals surface area (Å²) in [6.07, 6.45) is 3.16. The van der Waals surface area contributed by atoms with Crippen molar-refractivity contribution in [1.82, 2.24) is 4.98 Å². The second-order valence-corrected chi connectivity index (χ2v) is 3.00. The van der Waals surface area contributed by atoms with Gasteiger partial charge in [0.1, 0.15) is 18.6 Å². The minimum atomic E-state index is 0.503. The molecule has 2 aromatic rings. The molecule has 15 heavy (non-hydrogen) atoms. The Balaban J connectivity index is 2.19. The van der Waals surface area contributed by atoms with Crippen molar-refractivity contribution in [2.45, 2.75) is 0 Å². The summed E-state index contributed by atoms with van der Waals surface area (Å²) in [7, 11) is 0. The highest BCUT2D eigenvalue weighted by atomic mass is 16.5. The van der Waals surface area contributed by atoms with Gasteiger partial charge in [0.25, 0.3) is 0 Å². The Morgan fingerprint density at radius 1 is 1.40 bits per heavy atom. The first-order chi connectivity index (χ1) is 7.40. The third-order valence-electron chi connectivity index (χ3n) is 1.90. The first kappa shape index (κ1) is 9.73. The maximum Gasteiger partial charge on any atom is 0.225 e. The van der Waals surface area contributed by atoms with Gasteiger partial charge in [0.15, 0.2) is 0 Å². The molecule has 4 heteroatoms. The molecule has 0 radical (unpaired) electrons. The topological polar surface area (TPSA) is 61.3 Å². The molecular formula is C11H12N2O2. The highest BCUT2D eigenvalue weighted by Gasteiger charge is 2.03. The van der Waals surface area contributed by atoms with Crippen LogP contribution in [0.5, 0.6) is 5.75 Å². The summed E-state index contributed by atoms with van der Waals surface area (Å²) in [4.78, 5) is 4.06. The zero-order valence-corrected chi connectivity index (χ0v) is 8.22. The number of benzene rings is 1. The van der Waals surface area contributed by atoms with E-state index in [1.54, 1.807) is 12.5 Å². The SMILES string of the molecule is NCCOc1cccc(-c2ncco2)c1. The van der Waals surface area contributed by atoms with E-state index in [1.807, 2.05) is 24.3 Å². The molecule has 0 aliphatic heterocycles. The third-order valence-corrected chi connectivity index (χ3v) is 1.90. The van der Waals surface area contributed by atoms with Gasteiger partial charge in [-0.2, -0.15) is 0 Å². The Hall–Kier alpha value is -1.81. The summed E-state index contributed by atoms with van der Waals surface area (Å²) in [5.41, 5.74) is 6.25. The molecule has 0 atom stereocenters. The molecule has 0 saturated heterocycles. The van der Waals surface area contributed by atoms with Gasteiger partial charge in [-0.3, -0.25) is 0 Å². The Morgan fingerprint density at radius 2 is 2.33 bits per heavy atom. The lowest BCUT2D eigenvalue weighted by atomic mass is 10.2. The van der Waals surface area contributed by atoms with Crippen molar-refractivity contribution in [3.8, 4) is 17.2 Å². The maximum absolute atomic E-state index is 5.40. The highest BCUT2D eigenvalue weighted by Crippen LogP contribution is 2.21. The Bertz CT molecular complexity index is 412. The number of nitrogens with two attached hydrogens (primary N) is 1. The lowest BCUT2D eigenvalue weighted by molar-refractivity contribution is 0.328. The van der Waals surface area contributed by atoms with Gasteiger partial charge in [-0.05, 0) is 18.2 Å². The van der Waals surface area contributed by atoms with Gasteiger partial charge in [-0.25, -0.2) is 4.98 Å².